The SMILES string of the molecule is CCCC1(CCC)C(OCC)=CC2(C=C1OCC)CCN(CCCN(CC)CC)C2. The first-order valence-corrected chi connectivity index (χ1v) is 12.7. The average Bonchev–Trinajstić information content (AvgIpc) is 3.12. The molecule has 1 saturated heterocycles. The summed E-state index contributed by atoms with van der Waals surface area (Å²) >= 11 is 0. The van der Waals surface area contributed by atoms with E-state index in [4.69, 9.17) is 9.47 Å². The minimum absolute atomic E-state index is 0.0647. The predicted molar refractivity (Wildman–Crippen MR) is 128 cm³/mol. The first kappa shape index (κ1) is 25.3. The first-order valence-electron chi connectivity index (χ1n) is 12.7. The summed E-state index contributed by atoms with van der Waals surface area (Å²) in [6, 6.07) is 0. The van der Waals surface area contributed by atoms with Gasteiger partial charge in [-0.05, 0) is 84.4 Å². The van der Waals surface area contributed by atoms with Gasteiger partial charge < -0.3 is 19.3 Å². The van der Waals surface area contributed by atoms with Gasteiger partial charge in [0.05, 0.1) is 18.6 Å². The summed E-state index contributed by atoms with van der Waals surface area (Å²) in [4.78, 5) is 5.17. The molecule has 0 bridgehead atoms. The highest BCUT2D eigenvalue weighted by Gasteiger charge is 2.48. The van der Waals surface area contributed by atoms with E-state index >= 15 is 0 Å². The number of rotatable bonds is 14. The van der Waals surface area contributed by atoms with E-state index in [2.05, 4.69) is 63.5 Å². The fourth-order valence-corrected chi connectivity index (χ4v) is 5.53. The lowest BCUT2D eigenvalue weighted by Gasteiger charge is -2.43. The smallest absolute Gasteiger partial charge is 0.107 e. The lowest BCUT2D eigenvalue weighted by atomic mass is 9.67. The molecule has 1 fully saturated rings. The zero-order valence-electron chi connectivity index (χ0n) is 20.8. The Morgan fingerprint density at radius 3 is 1.93 bits per heavy atom. The van der Waals surface area contributed by atoms with Crippen LogP contribution in [0.4, 0.5) is 0 Å². The molecule has 30 heavy (non-hydrogen) atoms. The van der Waals surface area contributed by atoms with Crippen molar-refractivity contribution in [2.75, 3.05) is 52.5 Å². The lowest BCUT2D eigenvalue weighted by Crippen LogP contribution is -2.37. The summed E-state index contributed by atoms with van der Waals surface area (Å²) in [5, 5.41) is 0. The number of hydrogen-bond donors (Lipinski definition) is 0. The quantitative estimate of drug-likeness (QED) is 0.352. The van der Waals surface area contributed by atoms with Crippen molar-refractivity contribution in [3.8, 4) is 0 Å². The van der Waals surface area contributed by atoms with Crippen molar-refractivity contribution in [2.24, 2.45) is 10.8 Å². The summed E-state index contributed by atoms with van der Waals surface area (Å²) in [5.74, 6) is 2.37. The Hall–Kier alpha value is -1.00. The van der Waals surface area contributed by atoms with Crippen LogP contribution in [0.1, 0.15) is 80.1 Å². The molecule has 0 aromatic rings. The number of nitrogens with zero attached hydrogens (tertiary/aromatic N) is 2. The monoisotopic (exact) mass is 420 g/mol. The molecule has 1 heterocycles. The molecule has 0 unspecified atom stereocenters. The molecule has 0 aromatic carbocycles. The fraction of sp³-hybridized carbons (Fsp3) is 0.846. The standard InChI is InChI=1S/C26H48N2O2/c1-7-14-26(15-8-2)23(29-11-5)20-25(21-24(26)30-12-6)16-19-28(22-25)18-13-17-27(9-3)10-4/h20-21H,7-19,22H2,1-6H3. The van der Waals surface area contributed by atoms with Crippen molar-refractivity contribution >= 4 is 0 Å². The summed E-state index contributed by atoms with van der Waals surface area (Å²) in [5.41, 5.74) is -0.00781. The van der Waals surface area contributed by atoms with Gasteiger partial charge in [0.2, 0.25) is 0 Å². The maximum Gasteiger partial charge on any atom is 0.107 e. The van der Waals surface area contributed by atoms with E-state index in [0.29, 0.717) is 0 Å². The van der Waals surface area contributed by atoms with Crippen LogP contribution >= 0.6 is 0 Å². The zero-order valence-corrected chi connectivity index (χ0v) is 20.8. The van der Waals surface area contributed by atoms with Crippen LogP contribution in [0.2, 0.25) is 0 Å². The maximum atomic E-state index is 6.36. The molecule has 4 heteroatoms. The van der Waals surface area contributed by atoms with Crippen molar-refractivity contribution < 1.29 is 9.47 Å². The minimum atomic E-state index is -0.0725. The van der Waals surface area contributed by atoms with Crippen LogP contribution in [0.5, 0.6) is 0 Å². The molecule has 1 aliphatic carbocycles. The van der Waals surface area contributed by atoms with Gasteiger partial charge in [0, 0.05) is 12.0 Å². The van der Waals surface area contributed by atoms with Crippen LogP contribution in [0.3, 0.4) is 0 Å². The van der Waals surface area contributed by atoms with Crippen LogP contribution in [0.15, 0.2) is 23.7 Å². The fourth-order valence-electron chi connectivity index (χ4n) is 5.53. The van der Waals surface area contributed by atoms with Crippen molar-refractivity contribution in [1.82, 2.24) is 9.80 Å². The van der Waals surface area contributed by atoms with Crippen LogP contribution in [-0.2, 0) is 9.47 Å². The topological polar surface area (TPSA) is 24.9 Å². The molecular formula is C26H48N2O2. The Balaban J connectivity index is 2.22. The summed E-state index contributed by atoms with van der Waals surface area (Å²) < 4.78 is 12.7. The second-order valence-electron chi connectivity index (χ2n) is 9.11. The molecule has 2 rings (SSSR count). The van der Waals surface area contributed by atoms with Gasteiger partial charge >= 0.3 is 0 Å². The average molecular weight is 421 g/mol. The Bertz CT molecular complexity index is 533. The van der Waals surface area contributed by atoms with Gasteiger partial charge in [0.15, 0.2) is 0 Å². The molecule has 0 atom stereocenters. The normalized spacial score (nSPS) is 20.5. The van der Waals surface area contributed by atoms with E-state index in [1.165, 1.54) is 44.0 Å². The largest absolute Gasteiger partial charge is 0.497 e. The molecule has 0 N–H and O–H groups in total. The number of likely N-dealkylation sites (tertiary alicyclic amines) is 1. The van der Waals surface area contributed by atoms with E-state index in [9.17, 15) is 0 Å². The molecule has 0 amide bonds. The zero-order chi connectivity index (χ0) is 22.0. The molecule has 2 aliphatic rings. The molecule has 174 valence electrons. The number of hydrogen-bond acceptors (Lipinski definition) is 4. The van der Waals surface area contributed by atoms with Crippen LogP contribution in [0, 0.1) is 10.8 Å². The van der Waals surface area contributed by atoms with Gasteiger partial charge in [0.25, 0.3) is 0 Å². The molecule has 0 aromatic heterocycles. The lowest BCUT2D eigenvalue weighted by molar-refractivity contribution is 0.0648. The van der Waals surface area contributed by atoms with Crippen molar-refractivity contribution in [1.29, 1.82) is 0 Å². The second kappa shape index (κ2) is 12.1. The van der Waals surface area contributed by atoms with Gasteiger partial charge in [-0.25, -0.2) is 0 Å². The van der Waals surface area contributed by atoms with E-state index in [1.807, 2.05) is 0 Å². The van der Waals surface area contributed by atoms with Gasteiger partial charge in [-0.1, -0.05) is 40.5 Å². The number of ether oxygens (including phenoxy) is 2. The second-order valence-corrected chi connectivity index (χ2v) is 9.11. The summed E-state index contributed by atoms with van der Waals surface area (Å²) in [7, 11) is 0. The maximum absolute atomic E-state index is 6.36. The highest BCUT2D eigenvalue weighted by Crippen LogP contribution is 2.53. The van der Waals surface area contributed by atoms with Crippen molar-refractivity contribution in [3.63, 3.8) is 0 Å². The molecule has 1 aliphatic heterocycles. The Morgan fingerprint density at radius 1 is 0.900 bits per heavy atom. The van der Waals surface area contributed by atoms with Gasteiger partial charge in [0.1, 0.15) is 11.5 Å². The van der Waals surface area contributed by atoms with E-state index in [0.717, 1.165) is 58.5 Å². The third kappa shape index (κ3) is 5.82. The molecule has 0 radical (unpaired) electrons. The van der Waals surface area contributed by atoms with Gasteiger partial charge in [-0.2, -0.15) is 0 Å². The predicted octanol–water partition coefficient (Wildman–Crippen LogP) is 5.85. The van der Waals surface area contributed by atoms with Gasteiger partial charge in [-0.3, -0.25) is 0 Å². The van der Waals surface area contributed by atoms with Crippen molar-refractivity contribution in [2.45, 2.75) is 80.1 Å². The summed E-state index contributed by atoms with van der Waals surface area (Å²) in [6.07, 6.45) is 11.9. The van der Waals surface area contributed by atoms with Crippen LogP contribution in [0.25, 0.3) is 0 Å². The van der Waals surface area contributed by atoms with Gasteiger partial charge in [-0.15, -0.1) is 0 Å². The Morgan fingerprint density at radius 2 is 1.47 bits per heavy atom. The third-order valence-electron chi connectivity index (χ3n) is 6.99. The highest BCUT2D eigenvalue weighted by atomic mass is 16.5. The molecule has 0 saturated carbocycles. The highest BCUT2D eigenvalue weighted by molar-refractivity contribution is 5.35. The van der Waals surface area contributed by atoms with E-state index in [1.54, 1.807) is 0 Å². The summed E-state index contributed by atoms with van der Waals surface area (Å²) in [6.45, 7) is 21.7. The molecule has 4 nitrogen and oxygen atoms in total. The first-order chi connectivity index (χ1) is 14.5. The van der Waals surface area contributed by atoms with Crippen molar-refractivity contribution in [3.05, 3.63) is 23.7 Å². The Labute approximate surface area is 186 Å². The van der Waals surface area contributed by atoms with E-state index in [-0.39, 0.29) is 10.8 Å². The third-order valence-corrected chi connectivity index (χ3v) is 6.99. The van der Waals surface area contributed by atoms with E-state index < -0.39 is 0 Å². The Kier molecular flexibility index (Phi) is 10.2. The van der Waals surface area contributed by atoms with Crippen LogP contribution < -0.4 is 0 Å². The molecular weight excluding hydrogens is 372 g/mol. The van der Waals surface area contributed by atoms with Crippen LogP contribution in [-0.4, -0.2) is 62.3 Å². The minimum Gasteiger partial charge on any atom is -0.497 e. The molecule has 1 spiro atoms.